The number of hydrogen-bond acceptors (Lipinski definition) is 5. The second-order valence-electron chi connectivity index (χ2n) is 8.03. The van der Waals surface area contributed by atoms with Crippen LogP contribution in [-0.4, -0.2) is 38.1 Å². The molecule has 0 fully saturated rings. The van der Waals surface area contributed by atoms with Gasteiger partial charge < -0.3 is 15.2 Å². The Kier molecular flexibility index (Phi) is 4.81. The number of rotatable bonds is 4. The molecule has 0 spiro atoms. The molecular weight excluding hydrogens is 376 g/mol. The van der Waals surface area contributed by atoms with E-state index in [-0.39, 0.29) is 6.04 Å². The molecule has 6 nitrogen and oxygen atoms in total. The quantitative estimate of drug-likeness (QED) is 0.655. The van der Waals surface area contributed by atoms with E-state index in [9.17, 15) is 5.11 Å². The third-order valence-corrected chi connectivity index (χ3v) is 5.51. The van der Waals surface area contributed by atoms with E-state index < -0.39 is 11.7 Å². The maximum Gasteiger partial charge on any atom is 0.131 e. The van der Waals surface area contributed by atoms with Gasteiger partial charge in [-0.15, -0.1) is 0 Å². The van der Waals surface area contributed by atoms with Crippen molar-refractivity contribution in [3.63, 3.8) is 0 Å². The fourth-order valence-electron chi connectivity index (χ4n) is 3.79. The molecule has 2 aromatic heterocycles. The Morgan fingerprint density at radius 2 is 2.07 bits per heavy atom. The smallest absolute Gasteiger partial charge is 0.131 e. The molecule has 2 N–H and O–H groups in total. The zero-order valence-electron chi connectivity index (χ0n) is 16.5. The van der Waals surface area contributed by atoms with E-state index in [1.807, 2.05) is 63.0 Å². The van der Waals surface area contributed by atoms with Gasteiger partial charge >= 0.3 is 0 Å². The van der Waals surface area contributed by atoms with Crippen LogP contribution in [0.3, 0.4) is 0 Å². The lowest BCUT2D eigenvalue weighted by molar-refractivity contribution is -0.0644. The van der Waals surface area contributed by atoms with Crippen LogP contribution < -0.4 is 10.1 Å². The predicted octanol–water partition coefficient (Wildman–Crippen LogP) is 3.56. The molecule has 4 rings (SSSR count). The Hall–Kier alpha value is -2.15. The van der Waals surface area contributed by atoms with Gasteiger partial charge in [0.05, 0.1) is 24.3 Å². The zero-order valence-corrected chi connectivity index (χ0v) is 17.3. The second-order valence-corrected chi connectivity index (χ2v) is 8.42. The molecule has 2 unspecified atom stereocenters. The van der Waals surface area contributed by atoms with Crippen molar-refractivity contribution in [1.29, 1.82) is 0 Å². The molecule has 0 bridgehead atoms. The summed E-state index contributed by atoms with van der Waals surface area (Å²) in [4.78, 5) is 4.46. The van der Waals surface area contributed by atoms with Crippen LogP contribution >= 0.6 is 11.6 Å². The van der Waals surface area contributed by atoms with Gasteiger partial charge in [0.15, 0.2) is 0 Å². The summed E-state index contributed by atoms with van der Waals surface area (Å²) in [5.74, 6) is 0.766. The molecule has 2 atom stereocenters. The fourth-order valence-corrected chi connectivity index (χ4v) is 4.04. The molecule has 1 aliphatic heterocycles. The number of aliphatic hydroxyl groups is 1. The number of nitrogens with one attached hydrogen (secondary N) is 1. The van der Waals surface area contributed by atoms with Crippen molar-refractivity contribution in [2.75, 3.05) is 6.54 Å². The van der Waals surface area contributed by atoms with Crippen LogP contribution in [0.2, 0.25) is 5.15 Å². The molecule has 0 amide bonds. The van der Waals surface area contributed by atoms with Crippen molar-refractivity contribution in [3.8, 4) is 5.75 Å². The molecule has 7 heteroatoms. The standard InChI is InChI=1S/C21H25ClN4O2/c1-12-10-24-26(11-12)6-5-23-19-15-8-16-14(13(2)7-18(22)25-16)9-17(15)28-21(3,4)20(19)27/h7-11,19-20,23,27H,5-6H2,1-4H3. The number of nitrogens with zero attached hydrogens (tertiary/aromatic N) is 3. The molecule has 0 saturated carbocycles. The van der Waals surface area contributed by atoms with Gasteiger partial charge in [-0.2, -0.15) is 5.10 Å². The topological polar surface area (TPSA) is 72.2 Å². The highest BCUT2D eigenvalue weighted by atomic mass is 35.5. The summed E-state index contributed by atoms with van der Waals surface area (Å²) < 4.78 is 8.05. The fraction of sp³-hybridized carbons (Fsp3) is 0.429. The molecule has 0 radical (unpaired) electrons. The highest BCUT2D eigenvalue weighted by molar-refractivity contribution is 6.29. The first-order valence-electron chi connectivity index (χ1n) is 9.45. The number of aromatic nitrogens is 3. The predicted molar refractivity (Wildman–Crippen MR) is 110 cm³/mol. The van der Waals surface area contributed by atoms with E-state index >= 15 is 0 Å². The summed E-state index contributed by atoms with van der Waals surface area (Å²) in [6.45, 7) is 9.21. The van der Waals surface area contributed by atoms with Gasteiger partial charge in [-0.3, -0.25) is 4.68 Å². The summed E-state index contributed by atoms with van der Waals surface area (Å²) in [6.07, 6.45) is 3.13. The average molecular weight is 401 g/mol. The van der Waals surface area contributed by atoms with Crippen molar-refractivity contribution in [3.05, 3.63) is 52.4 Å². The Balaban J connectivity index is 1.68. The first kappa shape index (κ1) is 19.2. The summed E-state index contributed by atoms with van der Waals surface area (Å²) in [5, 5.41) is 20.2. The van der Waals surface area contributed by atoms with Crippen molar-refractivity contribution in [1.82, 2.24) is 20.1 Å². The van der Waals surface area contributed by atoms with Crippen LogP contribution in [-0.2, 0) is 6.54 Å². The van der Waals surface area contributed by atoms with E-state index in [2.05, 4.69) is 15.4 Å². The first-order chi connectivity index (χ1) is 13.2. The largest absolute Gasteiger partial charge is 0.485 e. The minimum atomic E-state index is -0.714. The number of ether oxygens (including phenoxy) is 1. The SMILES string of the molecule is Cc1cnn(CCNC2c3cc4nc(Cl)cc(C)c4cc3OC(C)(C)C2O)c1. The molecule has 3 heterocycles. The number of aryl methyl sites for hydroxylation is 2. The van der Waals surface area contributed by atoms with Crippen LogP contribution in [0.1, 0.15) is 36.6 Å². The Bertz CT molecular complexity index is 1030. The monoisotopic (exact) mass is 400 g/mol. The Morgan fingerprint density at radius 3 is 2.79 bits per heavy atom. The maximum atomic E-state index is 11.0. The van der Waals surface area contributed by atoms with Crippen molar-refractivity contribution in [2.24, 2.45) is 0 Å². The van der Waals surface area contributed by atoms with Crippen LogP contribution in [0, 0.1) is 13.8 Å². The summed E-state index contributed by atoms with van der Waals surface area (Å²) in [5.41, 5.74) is 3.15. The molecule has 28 heavy (non-hydrogen) atoms. The number of benzene rings is 1. The maximum absolute atomic E-state index is 11.0. The number of hydrogen-bond donors (Lipinski definition) is 2. The van der Waals surface area contributed by atoms with Gasteiger partial charge in [0.1, 0.15) is 22.6 Å². The van der Waals surface area contributed by atoms with Gasteiger partial charge in [0.25, 0.3) is 0 Å². The summed E-state index contributed by atoms with van der Waals surface area (Å²) in [7, 11) is 0. The van der Waals surface area contributed by atoms with Gasteiger partial charge in [0.2, 0.25) is 0 Å². The normalized spacial score (nSPS) is 20.8. The van der Waals surface area contributed by atoms with Crippen LogP contribution in [0.5, 0.6) is 5.75 Å². The lowest BCUT2D eigenvalue weighted by Gasteiger charge is -2.42. The van der Waals surface area contributed by atoms with E-state index in [0.717, 1.165) is 33.3 Å². The van der Waals surface area contributed by atoms with E-state index in [4.69, 9.17) is 16.3 Å². The highest BCUT2D eigenvalue weighted by Gasteiger charge is 2.42. The third kappa shape index (κ3) is 3.48. The Morgan fingerprint density at radius 1 is 1.29 bits per heavy atom. The molecule has 1 aromatic carbocycles. The molecule has 3 aromatic rings. The van der Waals surface area contributed by atoms with Crippen LogP contribution in [0.25, 0.3) is 10.9 Å². The molecule has 1 aliphatic rings. The number of pyridine rings is 1. The molecule has 0 saturated heterocycles. The highest BCUT2D eigenvalue weighted by Crippen LogP contribution is 2.42. The molecular formula is C21H25ClN4O2. The van der Waals surface area contributed by atoms with Crippen LogP contribution in [0.4, 0.5) is 0 Å². The second kappa shape index (κ2) is 7.03. The van der Waals surface area contributed by atoms with Gasteiger partial charge in [-0.25, -0.2) is 4.98 Å². The van der Waals surface area contributed by atoms with E-state index in [1.54, 1.807) is 0 Å². The molecule has 148 valence electrons. The number of halogens is 1. The van der Waals surface area contributed by atoms with Gasteiger partial charge in [0, 0.05) is 23.7 Å². The molecule has 0 aliphatic carbocycles. The lowest BCUT2D eigenvalue weighted by Crippen LogP contribution is -2.52. The minimum Gasteiger partial charge on any atom is -0.485 e. The van der Waals surface area contributed by atoms with Gasteiger partial charge in [-0.05, 0) is 57.0 Å². The van der Waals surface area contributed by atoms with E-state index in [1.165, 1.54) is 0 Å². The lowest BCUT2D eigenvalue weighted by atomic mass is 9.85. The minimum absolute atomic E-state index is 0.277. The number of fused-ring (bicyclic) bond motifs is 2. The average Bonchev–Trinajstić information content (AvgIpc) is 3.02. The zero-order chi connectivity index (χ0) is 20.1. The number of aliphatic hydroxyl groups excluding tert-OH is 1. The van der Waals surface area contributed by atoms with Crippen molar-refractivity contribution in [2.45, 2.75) is 52.0 Å². The van der Waals surface area contributed by atoms with Crippen molar-refractivity contribution >= 4 is 22.5 Å². The van der Waals surface area contributed by atoms with E-state index in [0.29, 0.717) is 18.2 Å². The third-order valence-electron chi connectivity index (χ3n) is 5.32. The van der Waals surface area contributed by atoms with Crippen LogP contribution in [0.15, 0.2) is 30.6 Å². The van der Waals surface area contributed by atoms with Gasteiger partial charge in [-0.1, -0.05) is 11.6 Å². The summed E-state index contributed by atoms with van der Waals surface area (Å²) in [6, 6.07) is 5.54. The Labute approximate surface area is 169 Å². The summed E-state index contributed by atoms with van der Waals surface area (Å²) >= 11 is 6.15. The first-order valence-corrected chi connectivity index (χ1v) is 9.83. The van der Waals surface area contributed by atoms with Crippen molar-refractivity contribution < 1.29 is 9.84 Å².